The summed E-state index contributed by atoms with van der Waals surface area (Å²) in [6.45, 7) is 6.37. The van der Waals surface area contributed by atoms with Gasteiger partial charge in [-0.1, -0.05) is 43.3 Å². The average Bonchev–Trinajstić information content (AvgIpc) is 2.57. The van der Waals surface area contributed by atoms with Crippen LogP contribution in [0, 0.1) is 0 Å². The molecule has 0 saturated carbocycles. The molecule has 120 valence electrons. The van der Waals surface area contributed by atoms with Crippen molar-refractivity contribution < 1.29 is 4.79 Å². The van der Waals surface area contributed by atoms with Crippen LogP contribution in [0.5, 0.6) is 0 Å². The first-order chi connectivity index (χ1) is 11.1. The van der Waals surface area contributed by atoms with Crippen molar-refractivity contribution >= 4 is 40.5 Å². The number of likely N-dealkylation sites (N-methyl/N-ethyl adjacent to an activating group) is 1. The maximum Gasteiger partial charge on any atom is 0.176 e. The van der Waals surface area contributed by atoms with Crippen molar-refractivity contribution in [2.24, 2.45) is 0 Å². The number of halogens is 1. The van der Waals surface area contributed by atoms with Gasteiger partial charge in [-0.05, 0) is 43.4 Å². The maximum absolute atomic E-state index is 12.5. The monoisotopic (exact) mass is 346 g/mol. The van der Waals surface area contributed by atoms with Crippen molar-refractivity contribution in [2.45, 2.75) is 23.6 Å². The van der Waals surface area contributed by atoms with Gasteiger partial charge in [0, 0.05) is 20.4 Å². The van der Waals surface area contributed by atoms with Crippen molar-refractivity contribution in [1.82, 2.24) is 4.90 Å². The van der Waals surface area contributed by atoms with Crippen molar-refractivity contribution in [3.8, 4) is 0 Å². The van der Waals surface area contributed by atoms with Gasteiger partial charge in [-0.3, -0.25) is 9.69 Å². The second-order valence-electron chi connectivity index (χ2n) is 5.46. The summed E-state index contributed by atoms with van der Waals surface area (Å²) < 4.78 is 0. The summed E-state index contributed by atoms with van der Waals surface area (Å²) in [6, 6.07) is 11.7. The van der Waals surface area contributed by atoms with E-state index in [1.807, 2.05) is 36.4 Å². The topological polar surface area (TPSA) is 32.3 Å². The van der Waals surface area contributed by atoms with E-state index in [4.69, 9.17) is 11.6 Å². The molecule has 0 atom stereocenters. The number of benzene rings is 2. The Labute approximate surface area is 146 Å². The van der Waals surface area contributed by atoms with Crippen LogP contribution in [0.25, 0.3) is 0 Å². The second kappa shape index (κ2) is 6.95. The SMILES string of the molecule is CCN(CC)CC(=O)c1ccc2c(c1)Nc1cc(Cl)ccc1S2. The number of hydrogen-bond acceptors (Lipinski definition) is 4. The number of rotatable bonds is 5. The molecular weight excluding hydrogens is 328 g/mol. The Morgan fingerprint density at radius 1 is 1.09 bits per heavy atom. The van der Waals surface area contributed by atoms with Gasteiger partial charge in [0.05, 0.1) is 17.9 Å². The highest BCUT2D eigenvalue weighted by molar-refractivity contribution is 7.99. The van der Waals surface area contributed by atoms with Crippen LogP contribution in [0.1, 0.15) is 24.2 Å². The molecule has 2 aromatic carbocycles. The molecule has 0 unspecified atom stereocenters. The summed E-state index contributed by atoms with van der Waals surface area (Å²) in [5.41, 5.74) is 2.70. The molecule has 0 radical (unpaired) electrons. The number of Topliss-reactive ketones (excluding diaryl/α,β-unsaturated/α-hetero) is 1. The standard InChI is InChI=1S/C18H19ClN2OS/c1-3-21(4-2)11-16(22)12-5-7-17-14(9-12)20-15-10-13(19)6-8-18(15)23-17/h5-10,20H,3-4,11H2,1-2H3. The largest absolute Gasteiger partial charge is 0.354 e. The van der Waals surface area contributed by atoms with Gasteiger partial charge in [0.1, 0.15) is 0 Å². The zero-order valence-corrected chi connectivity index (χ0v) is 14.8. The number of ketones is 1. The minimum absolute atomic E-state index is 0.153. The highest BCUT2D eigenvalue weighted by Gasteiger charge is 2.18. The molecule has 2 aromatic rings. The van der Waals surface area contributed by atoms with Gasteiger partial charge in [0.15, 0.2) is 5.78 Å². The quantitative estimate of drug-likeness (QED) is 0.653. The lowest BCUT2D eigenvalue weighted by Crippen LogP contribution is -2.29. The third-order valence-electron chi connectivity index (χ3n) is 3.99. The van der Waals surface area contributed by atoms with E-state index in [0.717, 1.165) is 39.8 Å². The predicted molar refractivity (Wildman–Crippen MR) is 97.4 cm³/mol. The van der Waals surface area contributed by atoms with Gasteiger partial charge < -0.3 is 5.32 Å². The van der Waals surface area contributed by atoms with Crippen LogP contribution in [-0.4, -0.2) is 30.3 Å². The van der Waals surface area contributed by atoms with Crippen LogP contribution in [0.15, 0.2) is 46.2 Å². The molecular formula is C18H19ClN2OS. The van der Waals surface area contributed by atoms with Crippen molar-refractivity contribution in [3.05, 3.63) is 47.0 Å². The Bertz CT molecular complexity index is 744. The third-order valence-corrected chi connectivity index (χ3v) is 5.38. The lowest BCUT2D eigenvalue weighted by Gasteiger charge is -2.22. The number of carbonyl (C=O) groups is 1. The highest BCUT2D eigenvalue weighted by Crippen LogP contribution is 2.45. The smallest absolute Gasteiger partial charge is 0.176 e. The third kappa shape index (κ3) is 3.55. The number of nitrogens with zero attached hydrogens (tertiary/aromatic N) is 1. The molecule has 3 rings (SSSR count). The lowest BCUT2D eigenvalue weighted by atomic mass is 10.1. The van der Waals surface area contributed by atoms with E-state index < -0.39 is 0 Å². The Morgan fingerprint density at radius 2 is 1.74 bits per heavy atom. The van der Waals surface area contributed by atoms with E-state index in [1.54, 1.807) is 11.8 Å². The minimum Gasteiger partial charge on any atom is -0.354 e. The Balaban J connectivity index is 1.83. The lowest BCUT2D eigenvalue weighted by molar-refractivity contribution is 0.0937. The summed E-state index contributed by atoms with van der Waals surface area (Å²) in [7, 11) is 0. The molecule has 0 spiro atoms. The summed E-state index contributed by atoms with van der Waals surface area (Å²) in [5, 5.41) is 4.09. The van der Waals surface area contributed by atoms with Crippen molar-refractivity contribution in [1.29, 1.82) is 0 Å². The first-order valence-electron chi connectivity index (χ1n) is 7.74. The fourth-order valence-electron chi connectivity index (χ4n) is 2.58. The molecule has 23 heavy (non-hydrogen) atoms. The van der Waals surface area contributed by atoms with Crippen LogP contribution >= 0.6 is 23.4 Å². The first kappa shape index (κ1) is 16.4. The molecule has 0 aromatic heterocycles. The van der Waals surface area contributed by atoms with E-state index in [1.165, 1.54) is 0 Å². The molecule has 1 aliphatic heterocycles. The first-order valence-corrected chi connectivity index (χ1v) is 8.94. The van der Waals surface area contributed by atoms with Crippen molar-refractivity contribution in [3.63, 3.8) is 0 Å². The minimum atomic E-state index is 0.153. The molecule has 1 heterocycles. The summed E-state index contributed by atoms with van der Waals surface area (Å²) in [6.07, 6.45) is 0. The van der Waals surface area contributed by atoms with E-state index in [-0.39, 0.29) is 5.78 Å². The fraction of sp³-hybridized carbons (Fsp3) is 0.278. The van der Waals surface area contributed by atoms with Crippen molar-refractivity contribution in [2.75, 3.05) is 25.0 Å². The highest BCUT2D eigenvalue weighted by atomic mass is 35.5. The van der Waals surface area contributed by atoms with Crippen LogP contribution in [0.2, 0.25) is 5.02 Å². The Morgan fingerprint density at radius 3 is 2.43 bits per heavy atom. The summed E-state index contributed by atoms with van der Waals surface area (Å²) >= 11 is 7.76. The maximum atomic E-state index is 12.5. The van der Waals surface area contributed by atoms with E-state index in [0.29, 0.717) is 11.6 Å². The summed E-state index contributed by atoms with van der Waals surface area (Å²) in [4.78, 5) is 16.9. The molecule has 3 nitrogen and oxygen atoms in total. The molecule has 5 heteroatoms. The Hall–Kier alpha value is -1.49. The second-order valence-corrected chi connectivity index (χ2v) is 6.98. The number of anilines is 2. The number of hydrogen-bond donors (Lipinski definition) is 1. The average molecular weight is 347 g/mol. The fourth-order valence-corrected chi connectivity index (χ4v) is 3.71. The van der Waals surface area contributed by atoms with Gasteiger partial charge in [0.25, 0.3) is 0 Å². The predicted octanol–water partition coefficient (Wildman–Crippen LogP) is 5.07. The van der Waals surface area contributed by atoms with Crippen LogP contribution < -0.4 is 5.32 Å². The molecule has 0 fully saturated rings. The molecule has 0 bridgehead atoms. The van der Waals surface area contributed by atoms with Gasteiger partial charge >= 0.3 is 0 Å². The zero-order chi connectivity index (χ0) is 16.4. The Kier molecular flexibility index (Phi) is 4.95. The van der Waals surface area contributed by atoms with Gasteiger partial charge in [-0.15, -0.1) is 0 Å². The zero-order valence-electron chi connectivity index (χ0n) is 13.2. The number of nitrogens with one attached hydrogen (secondary N) is 1. The molecule has 0 saturated heterocycles. The normalized spacial score (nSPS) is 12.5. The van der Waals surface area contributed by atoms with Crippen LogP contribution in [0.3, 0.4) is 0 Å². The molecule has 1 aliphatic rings. The van der Waals surface area contributed by atoms with Gasteiger partial charge in [-0.25, -0.2) is 0 Å². The molecule has 0 amide bonds. The number of carbonyl (C=O) groups excluding carboxylic acids is 1. The molecule has 1 N–H and O–H groups in total. The molecule has 0 aliphatic carbocycles. The van der Waals surface area contributed by atoms with Gasteiger partial charge in [0.2, 0.25) is 0 Å². The number of fused-ring (bicyclic) bond motifs is 2. The summed E-state index contributed by atoms with van der Waals surface area (Å²) in [5.74, 6) is 0.153. The van der Waals surface area contributed by atoms with E-state index in [2.05, 4.69) is 24.1 Å². The van der Waals surface area contributed by atoms with Crippen LogP contribution in [0.4, 0.5) is 11.4 Å². The van der Waals surface area contributed by atoms with E-state index in [9.17, 15) is 4.79 Å². The van der Waals surface area contributed by atoms with Gasteiger partial charge in [-0.2, -0.15) is 0 Å². The van der Waals surface area contributed by atoms with E-state index >= 15 is 0 Å². The van der Waals surface area contributed by atoms with Crippen LogP contribution in [-0.2, 0) is 0 Å².